The van der Waals surface area contributed by atoms with Gasteiger partial charge in [-0.1, -0.05) is 57.4 Å². The number of hydrogen-bond acceptors (Lipinski definition) is 18. The lowest BCUT2D eigenvalue weighted by molar-refractivity contribution is -0.384. The molecule has 4 aliphatic heterocycles. The number of rotatable bonds is 8. The van der Waals surface area contributed by atoms with Crippen molar-refractivity contribution in [1.29, 1.82) is 0 Å². The lowest BCUT2D eigenvalue weighted by Crippen LogP contribution is -2.26. The number of fused-ring (bicyclic) bond motifs is 6. The summed E-state index contributed by atoms with van der Waals surface area (Å²) in [6, 6.07) is 29.0. The van der Waals surface area contributed by atoms with Gasteiger partial charge < -0.3 is 26.0 Å². The number of ketones is 1. The molecule has 9 aromatic rings. The Morgan fingerprint density at radius 3 is 1.49 bits per heavy atom. The average molecular weight is 1380 g/mol. The summed E-state index contributed by atoms with van der Waals surface area (Å²) in [5.74, 6) is 1.80. The Kier molecular flexibility index (Phi) is 29.0. The number of methoxy groups -OCH3 is 1. The van der Waals surface area contributed by atoms with Crippen LogP contribution in [0.15, 0.2) is 141 Å². The zero-order valence-electron chi connectivity index (χ0n) is 56.7. The minimum Gasteiger partial charge on any atom is -0.484 e. The Labute approximate surface area is 575 Å². The van der Waals surface area contributed by atoms with Crippen LogP contribution in [-0.4, -0.2) is 88.5 Å². The Morgan fingerprint density at radius 1 is 0.580 bits per heavy atom. The van der Waals surface area contributed by atoms with Crippen molar-refractivity contribution < 1.29 is 53.4 Å². The molecule has 7 heterocycles. The lowest BCUT2D eigenvalue weighted by atomic mass is 10.0. The number of aryl methyl sites for hydroxylation is 3. The molecule has 0 bridgehead atoms. The third-order valence-corrected chi connectivity index (χ3v) is 16.8. The predicted molar refractivity (Wildman–Crippen MR) is 377 cm³/mol. The van der Waals surface area contributed by atoms with E-state index < -0.39 is 23.0 Å². The van der Waals surface area contributed by atoms with Gasteiger partial charge in [0.2, 0.25) is 0 Å². The van der Waals surface area contributed by atoms with Crippen LogP contribution in [0, 0.1) is 31.9 Å². The topological polar surface area (TPSA) is 345 Å². The van der Waals surface area contributed by atoms with Gasteiger partial charge in [0.15, 0.2) is 11.7 Å². The van der Waals surface area contributed by atoms with E-state index in [2.05, 4.69) is 19.7 Å². The Hall–Kier alpha value is -11.0. The van der Waals surface area contributed by atoms with Crippen molar-refractivity contribution in [1.82, 2.24) is 28.7 Å². The molecule has 6 aromatic carbocycles. The molecule has 3 aromatic heterocycles. The summed E-state index contributed by atoms with van der Waals surface area (Å²) in [7, 11) is 0.709. The van der Waals surface area contributed by atoms with Gasteiger partial charge >= 0.3 is 5.97 Å². The summed E-state index contributed by atoms with van der Waals surface area (Å²) in [4.78, 5) is 108. The number of carboxylic acid groups (broad SMARTS) is 1. The van der Waals surface area contributed by atoms with Gasteiger partial charge in [0.1, 0.15) is 34.9 Å². The summed E-state index contributed by atoms with van der Waals surface area (Å²) >= 11 is 0. The highest BCUT2D eigenvalue weighted by atomic mass is 19.1. The Bertz CT molecular complexity index is 4550. The first kappa shape index (κ1) is 74.8. The number of aliphatic imine (C=N–C) groups is 1. The Morgan fingerprint density at radius 2 is 1.01 bits per heavy atom. The van der Waals surface area contributed by atoms with Gasteiger partial charge in [0.05, 0.1) is 69.4 Å². The number of nitrogens with zero attached hydrogens (tertiary/aromatic N) is 9. The summed E-state index contributed by atoms with van der Waals surface area (Å²) in [5, 5.41) is 31.3. The minimum absolute atomic E-state index is 0.00770. The highest BCUT2D eigenvalue weighted by Crippen LogP contribution is 2.24. The van der Waals surface area contributed by atoms with E-state index in [1.165, 1.54) is 112 Å². The van der Waals surface area contributed by atoms with Crippen LogP contribution >= 0.6 is 0 Å². The van der Waals surface area contributed by atoms with Crippen molar-refractivity contribution in [3.05, 3.63) is 218 Å². The number of aromatic nitrogens is 6. The zero-order valence-corrected chi connectivity index (χ0v) is 55.7. The minimum atomic E-state index is -1.20. The zero-order chi connectivity index (χ0) is 72.8. The van der Waals surface area contributed by atoms with Crippen LogP contribution in [0.3, 0.4) is 0 Å². The number of alkyl halides is 1. The van der Waals surface area contributed by atoms with E-state index in [4.69, 9.17) is 27.7 Å². The highest BCUT2D eigenvalue weighted by Gasteiger charge is 2.19. The molecular formula is C73H82F3N11O13. The van der Waals surface area contributed by atoms with Gasteiger partial charge in [0.25, 0.3) is 34.5 Å². The number of nitro groups is 2. The average Bonchev–Trinajstić information content (AvgIpc) is 0.796. The fourth-order valence-electron chi connectivity index (χ4n) is 11.6. The molecule has 24 nitrogen and oxygen atoms in total. The number of carbonyl (C=O) groups excluding carboxylic acids is 2. The maximum atomic E-state index is 13.0. The van der Waals surface area contributed by atoms with Crippen LogP contribution in [0.4, 0.5) is 35.9 Å². The maximum absolute atomic E-state index is 13.0. The molecule has 0 atom stereocenters. The van der Waals surface area contributed by atoms with Crippen LogP contribution < -0.4 is 32.9 Å². The number of carboxylic acids is 1. The number of Topliss-reactive ketones (excluding diaryl/α,β-unsaturated/α-hetero) is 1. The van der Waals surface area contributed by atoms with E-state index in [9.17, 15) is 62.2 Å². The summed E-state index contributed by atoms with van der Waals surface area (Å²) < 4.78 is 55.6. The number of carbonyl (C=O) groups is 3. The largest absolute Gasteiger partial charge is 0.484 e. The summed E-state index contributed by atoms with van der Waals surface area (Å²) in [6.07, 6.45) is 22.1. The lowest BCUT2D eigenvalue weighted by Gasteiger charge is -2.16. The first-order chi connectivity index (χ1) is 48.7. The van der Waals surface area contributed by atoms with Gasteiger partial charge in [0, 0.05) is 93.8 Å². The van der Waals surface area contributed by atoms with Crippen LogP contribution in [0.1, 0.15) is 154 Å². The molecule has 13 rings (SSSR count). The molecule has 100 heavy (non-hydrogen) atoms. The number of nitrogens with two attached hydrogens (primary N) is 2. The molecule has 0 radical (unpaired) electrons. The van der Waals surface area contributed by atoms with Crippen LogP contribution in [0.2, 0.25) is 0 Å². The molecule has 528 valence electrons. The van der Waals surface area contributed by atoms with Crippen molar-refractivity contribution in [2.24, 2.45) is 4.99 Å². The Balaban J connectivity index is 0.000000175. The third-order valence-electron chi connectivity index (χ3n) is 16.8. The first-order valence-electron chi connectivity index (χ1n) is 33.8. The molecule has 0 aliphatic carbocycles. The van der Waals surface area contributed by atoms with Crippen LogP contribution in [0.5, 0.6) is 5.75 Å². The standard InChI is InChI=1S/C22H21FN2O2.C14H15N3O3.C14H17N3O.C8H15NO.C7H5FO2.C7H6N2O4.CH3F/c23-17-9-7-16(8-10-17)20(26)14-15-6-11-18-19(13-15)24-21-5-3-1-2-4-12-25(21)22(18)27;18-14-11-7-6-10(17(19)20)9-12(11)15-13-5-3-1-2-4-8-16(13)14;15-10-6-7-11-12(9-10)16-13-5-3-1-2-4-8-17(13)14(11)18;1-10-8-6-4-2-3-5-7-9-8;8-6-1-3-7(4-2-6)10-5-9;8-6-3-4(9(12)13)1-2-5(6)7(10)11;1-2/h6-11,13H,1-5,12,14H2;6-7,9H,1-5,8H2;6-7,9H,1-5,8,15H2;2-7H2,1H3;1-5H;1-3H,8H2,(H,10,11);1H3/i;;;;;;1D. The van der Waals surface area contributed by atoms with Gasteiger partial charge in [-0.2, -0.15) is 0 Å². The van der Waals surface area contributed by atoms with E-state index in [1.807, 2.05) is 21.3 Å². The fourth-order valence-corrected chi connectivity index (χ4v) is 11.6. The molecule has 0 saturated heterocycles. The number of nitrogen functional groups attached to an aromatic ring is 2. The van der Waals surface area contributed by atoms with Crippen molar-refractivity contribution in [3.8, 4) is 5.75 Å². The number of anilines is 2. The number of ether oxygens (including phenoxy) is 2. The molecule has 4 aliphatic rings. The summed E-state index contributed by atoms with van der Waals surface area (Å²) in [5.41, 5.74) is 14.3. The van der Waals surface area contributed by atoms with E-state index >= 15 is 0 Å². The number of non-ortho nitro benzene ring substituents is 2. The number of nitro benzene ring substituents is 2. The molecule has 0 amide bonds. The second kappa shape index (κ2) is 38.8. The third kappa shape index (κ3) is 22.0. The molecule has 27 heteroatoms. The molecule has 0 unspecified atom stereocenters. The molecule has 5 N–H and O–H groups in total. The molecular weight excluding hydrogens is 1300 g/mol. The molecule has 0 saturated carbocycles. The number of aromatic carboxylic acids is 1. The SMILES string of the molecule is COC1=NCCCCCC1.Nc1cc([N+](=O)[O-])ccc1C(=O)O.Nc1ccc2c(=O)n3c(nc2c1)CCCCCC3.O=C(Cc1ccc2c(=O)n3c(nc2c1)CCCCCC3)c1ccc(F)cc1.O=COc1ccc(F)cc1.O=c1c2ccc([N+](=O)[O-])cc2nc2n1CCCCCC2.[2H]CF. The second-order valence-electron chi connectivity index (χ2n) is 23.8. The van der Waals surface area contributed by atoms with Crippen molar-refractivity contribution in [2.75, 3.05) is 32.3 Å². The second-order valence-corrected chi connectivity index (χ2v) is 23.8. The van der Waals surface area contributed by atoms with E-state index in [-0.39, 0.29) is 63.1 Å². The monoisotopic (exact) mass is 1380 g/mol. The predicted octanol–water partition coefficient (Wildman–Crippen LogP) is 13.4. The number of halogens is 3. The molecule has 0 fully saturated rings. The van der Waals surface area contributed by atoms with E-state index in [0.29, 0.717) is 57.2 Å². The van der Waals surface area contributed by atoms with Gasteiger partial charge in [-0.15, -0.1) is 0 Å². The number of hydrogen-bond donors (Lipinski definition) is 3. The highest BCUT2D eigenvalue weighted by molar-refractivity contribution is 5.98. The maximum Gasteiger partial charge on any atom is 0.337 e. The van der Waals surface area contributed by atoms with Gasteiger partial charge in [-0.25, -0.2) is 28.5 Å². The van der Waals surface area contributed by atoms with E-state index in [0.717, 1.165) is 156 Å². The van der Waals surface area contributed by atoms with Gasteiger partial charge in [-0.05, 0) is 148 Å². The van der Waals surface area contributed by atoms with Crippen LogP contribution in [0.25, 0.3) is 32.7 Å². The van der Waals surface area contributed by atoms with Crippen molar-refractivity contribution in [3.63, 3.8) is 0 Å². The van der Waals surface area contributed by atoms with Crippen LogP contribution in [-0.2, 0) is 54.8 Å². The normalized spacial score (nSPS) is 14.2. The fraction of sp³-hybridized carbons (Fsp3) is 0.370. The first-order valence-corrected chi connectivity index (χ1v) is 33.1. The molecule has 0 spiro atoms. The van der Waals surface area contributed by atoms with Crippen molar-refractivity contribution >= 4 is 79.6 Å². The van der Waals surface area contributed by atoms with Crippen molar-refractivity contribution in [2.45, 2.75) is 154 Å². The number of benzene rings is 6. The quantitative estimate of drug-likeness (QED) is 0.0418. The smallest absolute Gasteiger partial charge is 0.337 e. The van der Waals surface area contributed by atoms with E-state index in [1.54, 1.807) is 35.9 Å². The summed E-state index contributed by atoms with van der Waals surface area (Å²) in [6.45, 7) is 3.47. The van der Waals surface area contributed by atoms with Gasteiger partial charge in [-0.3, -0.25) is 67.3 Å².